The Hall–Kier alpha value is -2.43. The van der Waals surface area contributed by atoms with Gasteiger partial charge in [-0.2, -0.15) is 24.5 Å². The van der Waals surface area contributed by atoms with Gasteiger partial charge in [0, 0.05) is 12.2 Å². The molecule has 2 amide bonds. The summed E-state index contributed by atoms with van der Waals surface area (Å²) < 4.78 is 43.5. The Bertz CT molecular complexity index is 766. The topological polar surface area (TPSA) is 87.7 Å². The van der Waals surface area contributed by atoms with Gasteiger partial charge in [0.25, 0.3) is 0 Å². The van der Waals surface area contributed by atoms with E-state index in [1.54, 1.807) is 11.4 Å². The summed E-state index contributed by atoms with van der Waals surface area (Å²) in [6, 6.07) is 5.76. The van der Waals surface area contributed by atoms with Crippen molar-refractivity contribution in [2.75, 3.05) is 25.1 Å². The predicted octanol–water partition coefficient (Wildman–Crippen LogP) is 2.57. The van der Waals surface area contributed by atoms with Gasteiger partial charge in [-0.25, -0.2) is 0 Å². The van der Waals surface area contributed by atoms with E-state index < -0.39 is 29.7 Å². The molecule has 0 saturated heterocycles. The number of hydrogen-bond acceptors (Lipinski definition) is 5. The van der Waals surface area contributed by atoms with Crippen LogP contribution in [0.15, 0.2) is 41.1 Å². The molecule has 0 spiro atoms. The zero-order valence-electron chi connectivity index (χ0n) is 14.0. The molecular formula is C17H17F3N2O4S. The lowest BCUT2D eigenvalue weighted by Gasteiger charge is -2.17. The van der Waals surface area contributed by atoms with Gasteiger partial charge < -0.3 is 20.5 Å². The molecule has 0 radical (unpaired) electrons. The third kappa shape index (κ3) is 6.35. The zero-order valence-corrected chi connectivity index (χ0v) is 14.8. The van der Waals surface area contributed by atoms with Crippen LogP contribution in [0.1, 0.15) is 17.2 Å². The summed E-state index contributed by atoms with van der Waals surface area (Å²) in [5, 5.41) is 17.0. The normalized spacial score (nSPS) is 12.4. The molecule has 6 nitrogen and oxygen atoms in total. The molecular weight excluding hydrogens is 385 g/mol. The first-order chi connectivity index (χ1) is 12.8. The highest BCUT2D eigenvalue weighted by molar-refractivity contribution is 7.07. The second-order valence-corrected chi connectivity index (χ2v) is 6.16. The molecule has 0 saturated carbocycles. The first-order valence-corrected chi connectivity index (χ1v) is 8.76. The molecule has 0 bridgehead atoms. The number of nitrogens with one attached hydrogen (secondary N) is 2. The average molecular weight is 402 g/mol. The van der Waals surface area contributed by atoms with E-state index >= 15 is 0 Å². The van der Waals surface area contributed by atoms with E-state index in [0.717, 1.165) is 23.8 Å². The molecule has 1 aromatic carbocycles. The molecule has 1 heterocycles. The summed E-state index contributed by atoms with van der Waals surface area (Å²) in [4.78, 5) is 23.8. The lowest BCUT2D eigenvalue weighted by molar-refractivity contribution is -0.137. The number of thiophene rings is 1. The van der Waals surface area contributed by atoms with Crippen molar-refractivity contribution in [3.05, 3.63) is 52.2 Å². The number of benzene rings is 1. The Morgan fingerprint density at radius 2 is 2.00 bits per heavy atom. The lowest BCUT2D eigenvalue weighted by Crippen LogP contribution is -2.38. The van der Waals surface area contributed by atoms with Crippen molar-refractivity contribution in [1.82, 2.24) is 5.32 Å². The second-order valence-electron chi connectivity index (χ2n) is 5.38. The van der Waals surface area contributed by atoms with Gasteiger partial charge in [-0.15, -0.1) is 0 Å². The minimum atomic E-state index is -4.55. The fourth-order valence-electron chi connectivity index (χ4n) is 2.15. The first-order valence-electron chi connectivity index (χ1n) is 7.82. The van der Waals surface area contributed by atoms with Crippen molar-refractivity contribution in [2.45, 2.75) is 12.3 Å². The summed E-state index contributed by atoms with van der Waals surface area (Å²) in [5.41, 5.74) is -0.307. The van der Waals surface area contributed by atoms with Crippen LogP contribution < -0.4 is 10.6 Å². The van der Waals surface area contributed by atoms with E-state index in [0.29, 0.717) is 0 Å². The Labute approximate surface area is 157 Å². The predicted molar refractivity (Wildman–Crippen MR) is 93.2 cm³/mol. The van der Waals surface area contributed by atoms with E-state index in [2.05, 4.69) is 10.6 Å². The smallest absolute Gasteiger partial charge is 0.394 e. The fraction of sp³-hybridized carbons (Fsp3) is 0.294. The van der Waals surface area contributed by atoms with Crippen LogP contribution in [0.25, 0.3) is 0 Å². The number of carbonyl (C=O) groups is 2. The summed E-state index contributed by atoms with van der Waals surface area (Å²) in [5.74, 6) is -2.11. The number of amides is 2. The molecule has 0 aliphatic heterocycles. The minimum Gasteiger partial charge on any atom is -0.394 e. The largest absolute Gasteiger partial charge is 0.416 e. The fourth-order valence-corrected chi connectivity index (χ4v) is 2.85. The first kappa shape index (κ1) is 20.9. The van der Waals surface area contributed by atoms with Gasteiger partial charge in [-0.1, -0.05) is 6.07 Å². The molecule has 27 heavy (non-hydrogen) atoms. The summed E-state index contributed by atoms with van der Waals surface area (Å²) in [7, 11) is 0. The highest BCUT2D eigenvalue weighted by Gasteiger charge is 2.30. The monoisotopic (exact) mass is 402 g/mol. The van der Waals surface area contributed by atoms with Crippen molar-refractivity contribution in [2.24, 2.45) is 0 Å². The molecule has 0 aliphatic carbocycles. The van der Waals surface area contributed by atoms with Gasteiger partial charge in [-0.3, -0.25) is 9.59 Å². The summed E-state index contributed by atoms with van der Waals surface area (Å²) >= 11 is 1.42. The quantitative estimate of drug-likeness (QED) is 0.622. The maximum Gasteiger partial charge on any atom is 0.416 e. The molecule has 1 atom stereocenters. The molecule has 146 valence electrons. The van der Waals surface area contributed by atoms with Crippen LogP contribution in [0.3, 0.4) is 0 Å². The Morgan fingerprint density at radius 1 is 1.22 bits per heavy atom. The molecule has 1 aromatic heterocycles. The highest BCUT2D eigenvalue weighted by Crippen LogP contribution is 2.30. The van der Waals surface area contributed by atoms with Crippen molar-refractivity contribution in [3.63, 3.8) is 0 Å². The van der Waals surface area contributed by atoms with Crippen LogP contribution in [0, 0.1) is 0 Å². The van der Waals surface area contributed by atoms with Crippen molar-refractivity contribution < 1.29 is 32.6 Å². The molecule has 0 aliphatic rings. The molecule has 2 rings (SSSR count). The number of aliphatic hydroxyl groups excluding tert-OH is 1. The summed E-state index contributed by atoms with van der Waals surface area (Å²) in [6.07, 6.45) is -5.12. The second kappa shape index (κ2) is 9.49. The molecule has 10 heteroatoms. The average Bonchev–Trinajstić information content (AvgIpc) is 3.15. The van der Waals surface area contributed by atoms with Crippen LogP contribution in [-0.2, 0) is 20.5 Å². The van der Waals surface area contributed by atoms with Gasteiger partial charge in [0.05, 0.1) is 18.8 Å². The number of halogens is 3. The number of anilines is 1. The summed E-state index contributed by atoms with van der Waals surface area (Å²) in [6.45, 7) is -0.191. The maximum atomic E-state index is 12.7. The van der Waals surface area contributed by atoms with Gasteiger partial charge >= 0.3 is 18.0 Å². The Kier molecular flexibility index (Phi) is 7.34. The minimum absolute atomic E-state index is 0.0361. The van der Waals surface area contributed by atoms with Gasteiger partial charge in [0.2, 0.25) is 0 Å². The highest BCUT2D eigenvalue weighted by atomic mass is 32.1. The third-order valence-corrected chi connectivity index (χ3v) is 4.13. The Balaban J connectivity index is 1.94. The Morgan fingerprint density at radius 3 is 2.63 bits per heavy atom. The van der Waals surface area contributed by atoms with Crippen LogP contribution in [0.2, 0.25) is 0 Å². The number of rotatable bonds is 7. The van der Waals surface area contributed by atoms with E-state index in [9.17, 15) is 22.8 Å². The molecule has 0 unspecified atom stereocenters. The molecule has 3 N–H and O–H groups in total. The van der Waals surface area contributed by atoms with Crippen LogP contribution in [-0.4, -0.2) is 36.7 Å². The standard InChI is InChI=1S/C17H17F3N2O4S/c18-17(19,20)12-2-1-3-13(8-12)22-16(25)15(24)21-9-14(26-6-5-23)11-4-7-27-10-11/h1-4,7-8,10,14,23H,5-6,9H2,(H,21,24)(H,22,25)/t14-/m0/s1. The van der Waals surface area contributed by atoms with Crippen LogP contribution in [0.4, 0.5) is 18.9 Å². The maximum absolute atomic E-state index is 12.7. The number of ether oxygens (including phenoxy) is 1. The number of alkyl halides is 3. The van der Waals surface area contributed by atoms with Gasteiger partial charge in [0.15, 0.2) is 0 Å². The molecule has 2 aromatic rings. The van der Waals surface area contributed by atoms with Crippen molar-refractivity contribution >= 4 is 28.8 Å². The molecule has 0 fully saturated rings. The zero-order chi connectivity index (χ0) is 19.9. The number of hydrogen-bond donors (Lipinski definition) is 3. The van der Waals surface area contributed by atoms with Crippen molar-refractivity contribution in [3.8, 4) is 0 Å². The van der Waals surface area contributed by atoms with E-state index in [1.165, 1.54) is 17.4 Å². The SMILES string of the molecule is O=C(NC[C@H](OCCO)c1ccsc1)C(=O)Nc1cccc(C(F)(F)F)c1. The van der Waals surface area contributed by atoms with Gasteiger partial charge in [0.1, 0.15) is 6.10 Å². The van der Waals surface area contributed by atoms with E-state index in [1.807, 2.05) is 5.38 Å². The third-order valence-electron chi connectivity index (χ3n) is 3.43. The van der Waals surface area contributed by atoms with E-state index in [-0.39, 0.29) is 25.4 Å². The lowest BCUT2D eigenvalue weighted by atomic mass is 10.2. The number of carbonyl (C=O) groups excluding carboxylic acids is 2. The van der Waals surface area contributed by atoms with E-state index in [4.69, 9.17) is 9.84 Å². The van der Waals surface area contributed by atoms with Crippen molar-refractivity contribution in [1.29, 1.82) is 0 Å². The van der Waals surface area contributed by atoms with Gasteiger partial charge in [-0.05, 0) is 40.6 Å². The van der Waals surface area contributed by atoms with Crippen LogP contribution >= 0.6 is 11.3 Å². The van der Waals surface area contributed by atoms with Crippen LogP contribution in [0.5, 0.6) is 0 Å². The number of aliphatic hydroxyl groups is 1.